The van der Waals surface area contributed by atoms with Gasteiger partial charge in [-0.3, -0.25) is 14.9 Å². The molecule has 0 aliphatic rings. The van der Waals surface area contributed by atoms with Crippen LogP contribution in [0.4, 0.5) is 17.3 Å². The Morgan fingerprint density at radius 1 is 1.24 bits per heavy atom. The van der Waals surface area contributed by atoms with Gasteiger partial charge in [0.25, 0.3) is 5.69 Å². The van der Waals surface area contributed by atoms with Crippen LogP contribution in [-0.2, 0) is 4.79 Å². The van der Waals surface area contributed by atoms with Crippen molar-refractivity contribution in [3.05, 3.63) is 45.8 Å². The number of carbonyl (C=O) groups excluding carboxylic acids is 1. The summed E-state index contributed by atoms with van der Waals surface area (Å²) < 4.78 is 0. The summed E-state index contributed by atoms with van der Waals surface area (Å²) >= 11 is 0. The highest BCUT2D eigenvalue weighted by Crippen LogP contribution is 2.27. The van der Waals surface area contributed by atoms with E-state index in [-0.39, 0.29) is 29.5 Å². The lowest BCUT2D eigenvalue weighted by Gasteiger charge is -2.08. The average molecular weight is 345 g/mol. The molecule has 9 heteroatoms. The lowest BCUT2D eigenvalue weighted by atomic mass is 10.2. The van der Waals surface area contributed by atoms with Crippen LogP contribution in [0.1, 0.15) is 24.2 Å². The first kappa shape index (κ1) is 18.1. The number of nitro benzene ring substituents is 1. The minimum Gasteiger partial charge on any atom is -0.506 e. The van der Waals surface area contributed by atoms with Crippen molar-refractivity contribution in [3.8, 4) is 5.75 Å². The molecule has 1 aromatic carbocycles. The second kappa shape index (κ2) is 8.04. The Morgan fingerprint density at radius 3 is 2.56 bits per heavy atom. The summed E-state index contributed by atoms with van der Waals surface area (Å²) in [5, 5.41) is 25.9. The summed E-state index contributed by atoms with van der Waals surface area (Å²) in [5.74, 6) is -0.0612. The number of hydrogen-bond donors (Lipinski definition) is 3. The van der Waals surface area contributed by atoms with Crippen LogP contribution in [-0.4, -0.2) is 32.4 Å². The fourth-order valence-corrected chi connectivity index (χ4v) is 2.20. The van der Waals surface area contributed by atoms with Gasteiger partial charge in [-0.15, -0.1) is 0 Å². The van der Waals surface area contributed by atoms with Crippen LogP contribution in [0.25, 0.3) is 0 Å². The van der Waals surface area contributed by atoms with Gasteiger partial charge in [0.15, 0.2) is 0 Å². The summed E-state index contributed by atoms with van der Waals surface area (Å²) in [7, 11) is 0. The third-order valence-corrected chi connectivity index (χ3v) is 3.31. The van der Waals surface area contributed by atoms with Gasteiger partial charge in [0.1, 0.15) is 5.75 Å². The summed E-state index contributed by atoms with van der Waals surface area (Å²) in [6.07, 6.45) is 0.692. The number of non-ortho nitro benzene ring substituents is 1. The molecule has 2 aromatic rings. The largest absolute Gasteiger partial charge is 0.506 e. The van der Waals surface area contributed by atoms with E-state index in [0.29, 0.717) is 18.9 Å². The zero-order valence-corrected chi connectivity index (χ0v) is 13.9. The average Bonchev–Trinajstić information content (AvgIpc) is 2.52. The number of nitro groups is 1. The standard InChI is InChI=1S/C16H19N5O4/c1-10-8-11(2)19-16(18-10)17-7-3-4-15(23)20-13-9-12(21(24)25)5-6-14(13)22/h5-6,8-9,22H,3-4,7H2,1-2H3,(H,20,23)(H,17,18,19). The smallest absolute Gasteiger partial charge is 0.271 e. The SMILES string of the molecule is Cc1cc(C)nc(NCCCC(=O)Nc2cc([N+](=O)[O-])ccc2O)n1. The van der Waals surface area contributed by atoms with Gasteiger partial charge < -0.3 is 15.7 Å². The first-order valence-corrected chi connectivity index (χ1v) is 7.68. The van der Waals surface area contributed by atoms with E-state index in [1.54, 1.807) is 0 Å². The molecule has 3 N–H and O–H groups in total. The molecule has 25 heavy (non-hydrogen) atoms. The molecular formula is C16H19N5O4. The number of benzene rings is 1. The maximum absolute atomic E-state index is 11.9. The fourth-order valence-electron chi connectivity index (χ4n) is 2.20. The number of hydrogen-bond acceptors (Lipinski definition) is 7. The van der Waals surface area contributed by atoms with E-state index in [2.05, 4.69) is 20.6 Å². The Balaban J connectivity index is 1.83. The highest BCUT2D eigenvalue weighted by atomic mass is 16.6. The number of carbonyl (C=O) groups is 1. The molecule has 0 aliphatic carbocycles. The Hall–Kier alpha value is -3.23. The Morgan fingerprint density at radius 2 is 1.92 bits per heavy atom. The van der Waals surface area contributed by atoms with E-state index in [4.69, 9.17) is 0 Å². The van der Waals surface area contributed by atoms with Crippen molar-refractivity contribution in [2.45, 2.75) is 26.7 Å². The molecule has 9 nitrogen and oxygen atoms in total. The zero-order valence-electron chi connectivity index (χ0n) is 13.9. The maximum atomic E-state index is 11.9. The van der Waals surface area contributed by atoms with Crippen molar-refractivity contribution >= 4 is 23.2 Å². The van der Waals surface area contributed by atoms with Gasteiger partial charge in [-0.2, -0.15) is 0 Å². The second-order valence-corrected chi connectivity index (χ2v) is 5.51. The first-order valence-electron chi connectivity index (χ1n) is 7.68. The molecule has 132 valence electrons. The number of aryl methyl sites for hydroxylation is 2. The number of aromatic hydroxyl groups is 1. The van der Waals surface area contributed by atoms with Crippen molar-refractivity contribution in [1.82, 2.24) is 9.97 Å². The quantitative estimate of drug-likeness (QED) is 0.304. The van der Waals surface area contributed by atoms with E-state index < -0.39 is 4.92 Å². The van der Waals surface area contributed by atoms with Gasteiger partial charge in [-0.1, -0.05) is 0 Å². The minimum atomic E-state index is -0.594. The van der Waals surface area contributed by atoms with Gasteiger partial charge >= 0.3 is 0 Å². The molecule has 0 saturated heterocycles. The zero-order chi connectivity index (χ0) is 18.4. The predicted octanol–water partition coefficient (Wildman–Crippen LogP) is 2.54. The maximum Gasteiger partial charge on any atom is 0.271 e. The Bertz CT molecular complexity index is 774. The minimum absolute atomic E-state index is 0.0183. The first-order chi connectivity index (χ1) is 11.8. The third-order valence-electron chi connectivity index (χ3n) is 3.31. The summed E-state index contributed by atoms with van der Waals surface area (Å²) in [6.45, 7) is 4.24. The molecule has 0 atom stereocenters. The highest BCUT2D eigenvalue weighted by Gasteiger charge is 2.12. The number of anilines is 2. The van der Waals surface area contributed by atoms with Crippen LogP contribution in [0.2, 0.25) is 0 Å². The van der Waals surface area contributed by atoms with E-state index in [1.165, 1.54) is 12.1 Å². The molecule has 0 saturated carbocycles. The van der Waals surface area contributed by atoms with Crippen molar-refractivity contribution in [2.24, 2.45) is 0 Å². The van der Waals surface area contributed by atoms with Crippen LogP contribution in [0.5, 0.6) is 5.75 Å². The predicted molar refractivity (Wildman–Crippen MR) is 92.6 cm³/mol. The van der Waals surface area contributed by atoms with E-state index in [1.807, 2.05) is 19.9 Å². The number of rotatable bonds is 7. The molecule has 0 unspecified atom stereocenters. The second-order valence-electron chi connectivity index (χ2n) is 5.51. The van der Waals surface area contributed by atoms with Crippen molar-refractivity contribution in [1.29, 1.82) is 0 Å². The molecule has 0 aliphatic heterocycles. The topological polar surface area (TPSA) is 130 Å². The molecule has 1 amide bonds. The number of phenolic OH excluding ortho intramolecular Hbond substituents is 1. The van der Waals surface area contributed by atoms with E-state index >= 15 is 0 Å². The monoisotopic (exact) mass is 345 g/mol. The van der Waals surface area contributed by atoms with E-state index in [0.717, 1.165) is 17.5 Å². The van der Waals surface area contributed by atoms with E-state index in [9.17, 15) is 20.0 Å². The van der Waals surface area contributed by atoms with Gasteiger partial charge in [-0.25, -0.2) is 9.97 Å². The lowest BCUT2D eigenvalue weighted by molar-refractivity contribution is -0.384. The van der Waals surface area contributed by atoms with Crippen LogP contribution >= 0.6 is 0 Å². The summed E-state index contributed by atoms with van der Waals surface area (Å²) in [6, 6.07) is 5.32. The number of phenols is 1. The van der Waals surface area contributed by atoms with Gasteiger partial charge in [0, 0.05) is 36.5 Å². The normalized spacial score (nSPS) is 10.3. The van der Waals surface area contributed by atoms with Gasteiger partial charge in [0.05, 0.1) is 10.6 Å². The van der Waals surface area contributed by atoms with Crippen LogP contribution in [0.15, 0.2) is 24.3 Å². The Labute approximate surface area is 144 Å². The van der Waals surface area contributed by atoms with Crippen molar-refractivity contribution < 1.29 is 14.8 Å². The summed E-state index contributed by atoms with van der Waals surface area (Å²) in [4.78, 5) is 30.5. The van der Waals surface area contributed by atoms with Crippen LogP contribution in [0, 0.1) is 24.0 Å². The number of aromatic nitrogens is 2. The molecule has 0 radical (unpaired) electrons. The third kappa shape index (κ3) is 5.41. The molecule has 0 bridgehead atoms. The van der Waals surface area contributed by atoms with Gasteiger partial charge in [-0.05, 0) is 32.4 Å². The number of nitrogens with zero attached hydrogens (tertiary/aromatic N) is 3. The van der Waals surface area contributed by atoms with Crippen molar-refractivity contribution in [2.75, 3.05) is 17.2 Å². The highest BCUT2D eigenvalue weighted by molar-refractivity contribution is 5.92. The fraction of sp³-hybridized carbons (Fsp3) is 0.312. The van der Waals surface area contributed by atoms with Crippen LogP contribution < -0.4 is 10.6 Å². The molecular weight excluding hydrogens is 326 g/mol. The van der Waals surface area contributed by atoms with Crippen LogP contribution in [0.3, 0.4) is 0 Å². The number of nitrogens with one attached hydrogen (secondary N) is 2. The Kier molecular flexibility index (Phi) is 5.83. The molecule has 0 spiro atoms. The summed E-state index contributed by atoms with van der Waals surface area (Å²) in [5.41, 5.74) is 1.52. The molecule has 1 aromatic heterocycles. The van der Waals surface area contributed by atoms with Gasteiger partial charge in [0.2, 0.25) is 11.9 Å². The lowest BCUT2D eigenvalue weighted by Crippen LogP contribution is -2.14. The molecule has 0 fully saturated rings. The molecule has 1 heterocycles. The molecule has 2 rings (SSSR count). The van der Waals surface area contributed by atoms with Crippen molar-refractivity contribution in [3.63, 3.8) is 0 Å². The number of amides is 1.